The molecule has 1 aromatic heterocycles. The highest BCUT2D eigenvalue weighted by Gasteiger charge is 2.28. The summed E-state index contributed by atoms with van der Waals surface area (Å²) in [7, 11) is 1.75. The molecule has 0 aliphatic heterocycles. The van der Waals surface area contributed by atoms with Crippen LogP contribution in [0.5, 0.6) is 0 Å². The summed E-state index contributed by atoms with van der Waals surface area (Å²) in [5, 5.41) is 3.55. The molecule has 19 heavy (non-hydrogen) atoms. The van der Waals surface area contributed by atoms with Crippen LogP contribution in [0.4, 0.5) is 5.95 Å². The predicted octanol–water partition coefficient (Wildman–Crippen LogP) is 3.22. The minimum absolute atomic E-state index is 0.456. The van der Waals surface area contributed by atoms with Gasteiger partial charge in [0.25, 0.3) is 0 Å². The Morgan fingerprint density at radius 2 is 2.16 bits per heavy atom. The molecule has 1 aliphatic rings. The molecule has 2 rings (SSSR count). The first-order chi connectivity index (χ1) is 9.13. The Balaban J connectivity index is 1.91. The van der Waals surface area contributed by atoms with Gasteiger partial charge in [-0.3, -0.25) is 0 Å². The van der Waals surface area contributed by atoms with Crippen molar-refractivity contribution in [3.63, 3.8) is 0 Å². The standard InChI is InChI=1S/C15H27N3O/c1-13-11-18(9-6-10-19-3)14(17-13)16-12-15(2)7-4-5-8-15/h11H,4-10,12H2,1-3H3,(H,16,17). The molecule has 0 saturated heterocycles. The highest BCUT2D eigenvalue weighted by molar-refractivity contribution is 5.29. The van der Waals surface area contributed by atoms with Crippen LogP contribution >= 0.6 is 0 Å². The van der Waals surface area contributed by atoms with E-state index in [1.54, 1.807) is 7.11 Å². The van der Waals surface area contributed by atoms with Gasteiger partial charge in [-0.2, -0.15) is 0 Å². The maximum Gasteiger partial charge on any atom is 0.203 e. The third kappa shape index (κ3) is 3.96. The van der Waals surface area contributed by atoms with Gasteiger partial charge in [-0.1, -0.05) is 19.8 Å². The summed E-state index contributed by atoms with van der Waals surface area (Å²) in [6.45, 7) is 7.24. The summed E-state index contributed by atoms with van der Waals surface area (Å²) in [5.41, 5.74) is 1.54. The van der Waals surface area contributed by atoms with Crippen molar-refractivity contribution in [3.8, 4) is 0 Å². The van der Waals surface area contributed by atoms with Crippen LogP contribution in [-0.2, 0) is 11.3 Å². The Labute approximate surface area is 116 Å². The molecular formula is C15H27N3O. The van der Waals surface area contributed by atoms with E-state index in [1.807, 2.05) is 0 Å². The third-order valence-corrected chi connectivity index (χ3v) is 4.13. The Hall–Kier alpha value is -1.03. The monoisotopic (exact) mass is 265 g/mol. The lowest BCUT2D eigenvalue weighted by molar-refractivity contribution is 0.190. The van der Waals surface area contributed by atoms with Crippen molar-refractivity contribution in [3.05, 3.63) is 11.9 Å². The molecule has 0 aromatic carbocycles. The van der Waals surface area contributed by atoms with Crippen LogP contribution in [0.25, 0.3) is 0 Å². The fraction of sp³-hybridized carbons (Fsp3) is 0.800. The highest BCUT2D eigenvalue weighted by Crippen LogP contribution is 2.37. The quantitative estimate of drug-likeness (QED) is 0.769. The largest absolute Gasteiger partial charge is 0.385 e. The zero-order valence-electron chi connectivity index (χ0n) is 12.5. The molecule has 1 saturated carbocycles. The molecule has 0 spiro atoms. The molecule has 1 heterocycles. The number of rotatable bonds is 7. The van der Waals surface area contributed by atoms with Gasteiger partial charge in [0.05, 0.1) is 5.69 Å². The van der Waals surface area contributed by atoms with Crippen LogP contribution < -0.4 is 5.32 Å². The molecule has 4 heteroatoms. The molecule has 0 unspecified atom stereocenters. The average molecular weight is 265 g/mol. The van der Waals surface area contributed by atoms with Crippen LogP contribution in [0.2, 0.25) is 0 Å². The predicted molar refractivity (Wildman–Crippen MR) is 78.5 cm³/mol. The second kappa shape index (κ2) is 6.42. The van der Waals surface area contributed by atoms with E-state index < -0.39 is 0 Å². The van der Waals surface area contributed by atoms with Crippen LogP contribution in [0, 0.1) is 12.3 Å². The number of aryl methyl sites for hydroxylation is 2. The zero-order valence-corrected chi connectivity index (χ0v) is 12.5. The summed E-state index contributed by atoms with van der Waals surface area (Å²) in [4.78, 5) is 4.59. The number of methoxy groups -OCH3 is 1. The molecule has 1 fully saturated rings. The minimum Gasteiger partial charge on any atom is -0.385 e. The van der Waals surface area contributed by atoms with Crippen molar-refractivity contribution in [2.24, 2.45) is 5.41 Å². The van der Waals surface area contributed by atoms with Crippen molar-refractivity contribution in [1.29, 1.82) is 0 Å². The number of hydrogen-bond acceptors (Lipinski definition) is 3. The van der Waals surface area contributed by atoms with Gasteiger partial charge >= 0.3 is 0 Å². The van der Waals surface area contributed by atoms with E-state index in [0.29, 0.717) is 5.41 Å². The van der Waals surface area contributed by atoms with Crippen molar-refractivity contribution in [2.75, 3.05) is 25.6 Å². The summed E-state index contributed by atoms with van der Waals surface area (Å²) >= 11 is 0. The van der Waals surface area contributed by atoms with Crippen molar-refractivity contribution >= 4 is 5.95 Å². The van der Waals surface area contributed by atoms with E-state index in [-0.39, 0.29) is 0 Å². The van der Waals surface area contributed by atoms with Crippen LogP contribution in [0.1, 0.15) is 44.7 Å². The van der Waals surface area contributed by atoms with Gasteiger partial charge in [-0.05, 0) is 31.6 Å². The molecule has 0 atom stereocenters. The Kier molecular flexibility index (Phi) is 4.86. The van der Waals surface area contributed by atoms with Gasteiger partial charge < -0.3 is 14.6 Å². The SMILES string of the molecule is COCCCn1cc(C)nc1NCC1(C)CCCC1. The number of hydrogen-bond donors (Lipinski definition) is 1. The fourth-order valence-electron chi connectivity index (χ4n) is 2.94. The molecule has 108 valence electrons. The number of anilines is 1. The first-order valence-corrected chi connectivity index (χ1v) is 7.40. The molecule has 0 amide bonds. The first-order valence-electron chi connectivity index (χ1n) is 7.40. The van der Waals surface area contributed by atoms with E-state index in [0.717, 1.165) is 37.8 Å². The highest BCUT2D eigenvalue weighted by atomic mass is 16.5. The van der Waals surface area contributed by atoms with Gasteiger partial charge in [0.1, 0.15) is 0 Å². The van der Waals surface area contributed by atoms with E-state index in [9.17, 15) is 0 Å². The Morgan fingerprint density at radius 3 is 2.84 bits per heavy atom. The molecular weight excluding hydrogens is 238 g/mol. The molecule has 0 radical (unpaired) electrons. The fourth-order valence-corrected chi connectivity index (χ4v) is 2.94. The van der Waals surface area contributed by atoms with E-state index in [1.165, 1.54) is 25.7 Å². The number of ether oxygens (including phenoxy) is 1. The topological polar surface area (TPSA) is 39.1 Å². The summed E-state index contributed by atoms with van der Waals surface area (Å²) in [6.07, 6.45) is 8.57. The lowest BCUT2D eigenvalue weighted by Gasteiger charge is -2.24. The summed E-state index contributed by atoms with van der Waals surface area (Å²) in [6, 6.07) is 0. The van der Waals surface area contributed by atoms with Crippen molar-refractivity contribution < 1.29 is 4.74 Å². The van der Waals surface area contributed by atoms with Gasteiger partial charge in [-0.25, -0.2) is 4.98 Å². The molecule has 1 N–H and O–H groups in total. The average Bonchev–Trinajstić information content (AvgIpc) is 2.95. The van der Waals surface area contributed by atoms with E-state index in [2.05, 4.69) is 34.9 Å². The second-order valence-electron chi connectivity index (χ2n) is 6.12. The molecule has 4 nitrogen and oxygen atoms in total. The second-order valence-corrected chi connectivity index (χ2v) is 6.12. The minimum atomic E-state index is 0.456. The lowest BCUT2D eigenvalue weighted by Crippen LogP contribution is -2.24. The molecule has 1 aromatic rings. The normalized spacial score (nSPS) is 17.8. The molecule has 1 aliphatic carbocycles. The Morgan fingerprint density at radius 1 is 1.42 bits per heavy atom. The van der Waals surface area contributed by atoms with E-state index in [4.69, 9.17) is 4.74 Å². The number of nitrogens with zero attached hydrogens (tertiary/aromatic N) is 2. The third-order valence-electron chi connectivity index (χ3n) is 4.13. The maximum atomic E-state index is 5.11. The van der Waals surface area contributed by atoms with Crippen molar-refractivity contribution in [1.82, 2.24) is 9.55 Å². The maximum absolute atomic E-state index is 5.11. The Bertz CT molecular complexity index is 394. The molecule has 0 bridgehead atoms. The van der Waals surface area contributed by atoms with Gasteiger partial charge in [-0.15, -0.1) is 0 Å². The number of nitrogens with one attached hydrogen (secondary N) is 1. The van der Waals surface area contributed by atoms with Crippen LogP contribution in [0.15, 0.2) is 6.20 Å². The van der Waals surface area contributed by atoms with Gasteiger partial charge in [0.15, 0.2) is 0 Å². The summed E-state index contributed by atoms with van der Waals surface area (Å²) in [5.74, 6) is 1.02. The number of aromatic nitrogens is 2. The number of imidazole rings is 1. The van der Waals surface area contributed by atoms with Crippen LogP contribution in [0.3, 0.4) is 0 Å². The zero-order chi connectivity index (χ0) is 13.7. The van der Waals surface area contributed by atoms with Gasteiger partial charge in [0, 0.05) is 33.0 Å². The first kappa shape index (κ1) is 14.4. The summed E-state index contributed by atoms with van der Waals surface area (Å²) < 4.78 is 7.33. The van der Waals surface area contributed by atoms with Gasteiger partial charge in [0.2, 0.25) is 5.95 Å². The lowest BCUT2D eigenvalue weighted by atomic mass is 9.89. The van der Waals surface area contributed by atoms with Crippen molar-refractivity contribution in [2.45, 2.75) is 52.5 Å². The smallest absolute Gasteiger partial charge is 0.203 e. The van der Waals surface area contributed by atoms with Crippen LogP contribution in [-0.4, -0.2) is 29.8 Å². The van der Waals surface area contributed by atoms with E-state index >= 15 is 0 Å².